The van der Waals surface area contributed by atoms with Gasteiger partial charge in [-0.15, -0.1) is 0 Å². The summed E-state index contributed by atoms with van der Waals surface area (Å²) in [5.74, 6) is -1.60. The van der Waals surface area contributed by atoms with E-state index in [0.29, 0.717) is 31.2 Å². The van der Waals surface area contributed by atoms with Crippen molar-refractivity contribution < 1.29 is 28.7 Å². The maximum atomic E-state index is 12.4. The van der Waals surface area contributed by atoms with Crippen LogP contribution in [0.15, 0.2) is 116 Å². The molecule has 0 aromatic heterocycles. The molecule has 0 radical (unpaired) electrons. The second-order valence-electron chi connectivity index (χ2n) is 8.96. The fourth-order valence-corrected chi connectivity index (χ4v) is 4.34. The van der Waals surface area contributed by atoms with Gasteiger partial charge >= 0.3 is 11.9 Å². The fourth-order valence-electron chi connectivity index (χ4n) is 3.58. The fraction of sp³-hybridized carbons (Fsp3) is 0.0625. The molecule has 0 saturated carbocycles. The number of hydrazone groups is 2. The normalized spacial score (nSPS) is 10.9. The number of nitrogens with zero attached hydrogens (tertiary/aromatic N) is 2. The summed E-state index contributed by atoms with van der Waals surface area (Å²) in [5.41, 5.74) is 6.35. The summed E-state index contributed by atoms with van der Waals surface area (Å²) < 4.78 is 12.4. The number of carbonyl (C=O) groups is 4. The van der Waals surface area contributed by atoms with Gasteiger partial charge in [0, 0.05) is 32.9 Å². The van der Waals surface area contributed by atoms with Gasteiger partial charge in [0.2, 0.25) is 11.8 Å². The Morgan fingerprint density at radius 3 is 1.36 bits per heavy atom. The predicted molar refractivity (Wildman–Crippen MR) is 172 cm³/mol. The first-order valence-corrected chi connectivity index (χ1v) is 14.6. The van der Waals surface area contributed by atoms with Crippen molar-refractivity contribution in [2.45, 2.75) is 12.8 Å². The highest BCUT2D eigenvalue weighted by Crippen LogP contribution is 2.24. The molecule has 0 unspecified atom stereocenters. The van der Waals surface area contributed by atoms with Crippen LogP contribution in [0, 0.1) is 0 Å². The molecule has 10 nitrogen and oxygen atoms in total. The Hall–Kier alpha value is -4.94. The first kappa shape index (κ1) is 32.0. The molecular weight excluding hydrogens is 696 g/mol. The van der Waals surface area contributed by atoms with Crippen LogP contribution >= 0.6 is 31.9 Å². The summed E-state index contributed by atoms with van der Waals surface area (Å²) in [6, 6.07) is 27.0. The molecule has 44 heavy (non-hydrogen) atoms. The van der Waals surface area contributed by atoms with Crippen LogP contribution in [0.3, 0.4) is 0 Å². The molecule has 0 saturated heterocycles. The molecule has 0 spiro atoms. The number of carbonyl (C=O) groups excluding carboxylic acids is 4. The number of amides is 2. The summed E-state index contributed by atoms with van der Waals surface area (Å²) >= 11 is 6.72. The van der Waals surface area contributed by atoms with Crippen molar-refractivity contribution in [2.75, 3.05) is 0 Å². The minimum absolute atomic E-state index is 0.163. The lowest BCUT2D eigenvalue weighted by Gasteiger charge is -2.08. The van der Waals surface area contributed by atoms with E-state index >= 15 is 0 Å². The van der Waals surface area contributed by atoms with Crippen LogP contribution in [0.25, 0.3) is 0 Å². The van der Waals surface area contributed by atoms with Gasteiger partial charge in [-0.2, -0.15) is 10.2 Å². The zero-order chi connectivity index (χ0) is 31.3. The molecule has 2 amide bonds. The molecule has 4 rings (SSSR count). The van der Waals surface area contributed by atoms with Crippen LogP contribution in [0.5, 0.6) is 11.5 Å². The van der Waals surface area contributed by atoms with Crippen molar-refractivity contribution in [1.29, 1.82) is 0 Å². The Kier molecular flexibility index (Phi) is 11.7. The topological polar surface area (TPSA) is 136 Å². The Morgan fingerprint density at radius 1 is 0.591 bits per heavy atom. The zero-order valence-electron chi connectivity index (χ0n) is 22.9. The molecular formula is C32H24Br2N4O6. The molecule has 0 bridgehead atoms. The highest BCUT2D eigenvalue weighted by Gasteiger charge is 2.13. The van der Waals surface area contributed by atoms with Gasteiger partial charge in [-0.25, -0.2) is 20.4 Å². The van der Waals surface area contributed by atoms with E-state index in [2.05, 4.69) is 52.9 Å². The first-order chi connectivity index (χ1) is 21.3. The van der Waals surface area contributed by atoms with Crippen LogP contribution in [-0.4, -0.2) is 36.2 Å². The van der Waals surface area contributed by atoms with Crippen LogP contribution < -0.4 is 20.3 Å². The Bertz CT molecular complexity index is 1590. The molecule has 4 aromatic carbocycles. The largest absolute Gasteiger partial charge is 0.422 e. The number of rotatable bonds is 11. The van der Waals surface area contributed by atoms with Crippen LogP contribution in [0.2, 0.25) is 0 Å². The minimum atomic E-state index is -0.537. The Labute approximate surface area is 269 Å². The summed E-state index contributed by atoms with van der Waals surface area (Å²) in [4.78, 5) is 49.4. The van der Waals surface area contributed by atoms with Gasteiger partial charge in [0.05, 0.1) is 23.6 Å². The Balaban J connectivity index is 1.27. The number of halogens is 2. The number of hydrogen-bond donors (Lipinski definition) is 2. The number of benzene rings is 4. The average molecular weight is 720 g/mol. The number of nitrogens with one attached hydrogen (secondary N) is 2. The van der Waals surface area contributed by atoms with Crippen molar-refractivity contribution in [1.82, 2.24) is 10.9 Å². The maximum Gasteiger partial charge on any atom is 0.343 e. The van der Waals surface area contributed by atoms with E-state index in [-0.39, 0.29) is 24.3 Å². The summed E-state index contributed by atoms with van der Waals surface area (Å²) in [6.07, 6.45) is 2.34. The molecule has 0 heterocycles. The van der Waals surface area contributed by atoms with Crippen LogP contribution in [-0.2, 0) is 9.59 Å². The third kappa shape index (κ3) is 9.82. The molecule has 0 fully saturated rings. The predicted octanol–water partition coefficient (Wildman–Crippen LogP) is 6.03. The van der Waals surface area contributed by atoms with E-state index in [1.165, 1.54) is 12.4 Å². The third-order valence-corrected chi connectivity index (χ3v) is 6.72. The highest BCUT2D eigenvalue weighted by molar-refractivity contribution is 9.10. The van der Waals surface area contributed by atoms with Gasteiger partial charge in [0.25, 0.3) is 0 Å². The highest BCUT2D eigenvalue weighted by atomic mass is 79.9. The molecule has 222 valence electrons. The van der Waals surface area contributed by atoms with E-state index in [9.17, 15) is 19.2 Å². The second kappa shape index (κ2) is 16.1. The van der Waals surface area contributed by atoms with Gasteiger partial charge in [0.15, 0.2) is 0 Å². The number of ether oxygens (including phenoxy) is 2. The SMILES string of the molecule is O=C(CCC(=O)NN=Cc1cc(Br)ccc1OC(=O)c1ccccc1)NN=Cc1cc(Br)ccc1OC(=O)c1ccccc1. The quantitative estimate of drug-likeness (QED) is 0.0841. The van der Waals surface area contributed by atoms with Crippen molar-refractivity contribution in [3.63, 3.8) is 0 Å². The number of hydrogen-bond acceptors (Lipinski definition) is 8. The average Bonchev–Trinajstić information content (AvgIpc) is 3.03. The Morgan fingerprint density at radius 2 is 0.977 bits per heavy atom. The molecule has 0 aliphatic heterocycles. The van der Waals surface area contributed by atoms with Crippen molar-refractivity contribution in [2.24, 2.45) is 10.2 Å². The van der Waals surface area contributed by atoms with Gasteiger partial charge in [-0.1, -0.05) is 68.3 Å². The van der Waals surface area contributed by atoms with Gasteiger partial charge in [0.1, 0.15) is 11.5 Å². The van der Waals surface area contributed by atoms with E-state index in [1.807, 2.05) is 0 Å². The van der Waals surface area contributed by atoms with Crippen LogP contribution in [0.1, 0.15) is 44.7 Å². The van der Waals surface area contributed by atoms with E-state index in [1.54, 1.807) is 97.1 Å². The lowest BCUT2D eigenvalue weighted by atomic mass is 10.2. The van der Waals surface area contributed by atoms with Gasteiger partial charge in [-0.05, 0) is 60.7 Å². The van der Waals surface area contributed by atoms with Gasteiger partial charge in [-0.3, -0.25) is 9.59 Å². The molecule has 4 aromatic rings. The van der Waals surface area contributed by atoms with Crippen molar-refractivity contribution >= 4 is 68.0 Å². The van der Waals surface area contributed by atoms with E-state index in [4.69, 9.17) is 9.47 Å². The van der Waals surface area contributed by atoms with E-state index in [0.717, 1.165) is 0 Å². The number of esters is 2. The summed E-state index contributed by atoms with van der Waals surface area (Å²) in [7, 11) is 0. The van der Waals surface area contributed by atoms with Crippen LogP contribution in [0.4, 0.5) is 0 Å². The van der Waals surface area contributed by atoms with Gasteiger partial charge < -0.3 is 9.47 Å². The molecule has 12 heteroatoms. The summed E-state index contributed by atoms with van der Waals surface area (Å²) in [6.45, 7) is 0. The molecule has 0 aliphatic rings. The third-order valence-electron chi connectivity index (χ3n) is 5.73. The minimum Gasteiger partial charge on any atom is -0.422 e. The lowest BCUT2D eigenvalue weighted by molar-refractivity contribution is -0.126. The van der Waals surface area contributed by atoms with Crippen molar-refractivity contribution in [3.8, 4) is 11.5 Å². The second-order valence-corrected chi connectivity index (χ2v) is 10.8. The van der Waals surface area contributed by atoms with E-state index < -0.39 is 23.8 Å². The smallest absolute Gasteiger partial charge is 0.343 e. The first-order valence-electron chi connectivity index (χ1n) is 13.1. The monoisotopic (exact) mass is 718 g/mol. The molecule has 0 atom stereocenters. The lowest BCUT2D eigenvalue weighted by Crippen LogP contribution is -2.23. The molecule has 0 aliphatic carbocycles. The standard InChI is InChI=1S/C32H24Br2N4O6/c33-25-11-13-27(43-31(41)21-7-3-1-4-8-21)23(17-25)19-35-37-29(39)15-16-30(40)38-36-20-24-18-26(34)12-14-28(24)44-32(42)22-9-5-2-6-10-22/h1-14,17-20H,15-16H2,(H,37,39)(H,38,40). The maximum absolute atomic E-state index is 12.4. The summed E-state index contributed by atoms with van der Waals surface area (Å²) in [5, 5.41) is 7.85. The van der Waals surface area contributed by atoms with Crippen molar-refractivity contribution in [3.05, 3.63) is 128 Å². The zero-order valence-corrected chi connectivity index (χ0v) is 26.1. The molecule has 2 N–H and O–H groups in total.